The molecule has 63 heavy (non-hydrogen) atoms. The van der Waals surface area contributed by atoms with E-state index in [2.05, 4.69) is 187 Å². The van der Waals surface area contributed by atoms with Gasteiger partial charge in [-0.1, -0.05) is 201 Å². The lowest BCUT2D eigenvalue weighted by atomic mass is 9.82. The lowest BCUT2D eigenvalue weighted by Gasteiger charge is -2.34. The molecule has 0 saturated heterocycles. The summed E-state index contributed by atoms with van der Waals surface area (Å²) in [5, 5.41) is 9.35. The molecule has 1 saturated carbocycles. The van der Waals surface area contributed by atoms with E-state index in [9.17, 15) is 5.48 Å². The van der Waals surface area contributed by atoms with E-state index in [1.165, 1.54) is 69.5 Å². The topological polar surface area (TPSA) is 9.86 Å². The SMILES string of the molecule is [2H]c1c([2H])c(-c2cccc([Si](c3ccccc3)(c3ccccc3)c3ccccc3)c2)c([2H])c(-n2c3ccccc3c3c(-n4c5ccccc5c5c(C6CCCCC6)cccc54)cccc32)c1[2H]. The zero-order valence-electron chi connectivity index (χ0n) is 39.1. The maximum atomic E-state index is 10.2. The quantitative estimate of drug-likeness (QED) is 0.107. The maximum absolute atomic E-state index is 10.2. The van der Waals surface area contributed by atoms with Crippen molar-refractivity contribution < 1.29 is 5.48 Å². The van der Waals surface area contributed by atoms with Crippen LogP contribution in [0.1, 0.15) is 49.1 Å². The minimum atomic E-state index is -2.96. The van der Waals surface area contributed by atoms with Crippen LogP contribution in [0.2, 0.25) is 0 Å². The lowest BCUT2D eigenvalue weighted by Crippen LogP contribution is -2.74. The van der Waals surface area contributed by atoms with Gasteiger partial charge in [-0.2, -0.15) is 0 Å². The molecule has 2 aromatic heterocycles. The van der Waals surface area contributed by atoms with Crippen LogP contribution in [0.4, 0.5) is 0 Å². The van der Waals surface area contributed by atoms with Gasteiger partial charge >= 0.3 is 0 Å². The number of aromatic nitrogens is 2. The molecule has 2 heterocycles. The van der Waals surface area contributed by atoms with Gasteiger partial charge in [0.05, 0.1) is 33.2 Å². The van der Waals surface area contributed by atoms with Gasteiger partial charge in [-0.05, 0) is 98.6 Å². The van der Waals surface area contributed by atoms with Crippen molar-refractivity contribution in [2.75, 3.05) is 0 Å². The molecule has 0 aliphatic heterocycles. The van der Waals surface area contributed by atoms with Gasteiger partial charge in [0.1, 0.15) is 0 Å². The summed E-state index contributed by atoms with van der Waals surface area (Å²) in [6.07, 6.45) is 6.26. The van der Waals surface area contributed by atoms with E-state index in [4.69, 9.17) is 0 Å². The minimum absolute atomic E-state index is 0.0524. The molecule has 0 radical (unpaired) electrons. The minimum Gasteiger partial charge on any atom is -0.309 e. The maximum Gasteiger partial charge on any atom is 0.179 e. The first-order valence-corrected chi connectivity index (χ1v) is 24.4. The third-order valence-corrected chi connectivity index (χ3v) is 18.5. The van der Waals surface area contributed by atoms with E-state index >= 15 is 0 Å². The average Bonchev–Trinajstić information content (AvgIpc) is 3.91. The summed E-state index contributed by atoms with van der Waals surface area (Å²) in [7, 11) is -2.96. The van der Waals surface area contributed by atoms with Crippen LogP contribution in [0.5, 0.6) is 0 Å². The Labute approximate surface area is 376 Å². The number of benzene rings is 9. The molecule has 0 N–H and O–H groups in total. The van der Waals surface area contributed by atoms with Gasteiger partial charge in [0, 0.05) is 27.2 Å². The zero-order chi connectivity index (χ0) is 45.2. The Balaban J connectivity index is 1.11. The molecule has 0 unspecified atom stereocenters. The van der Waals surface area contributed by atoms with Gasteiger partial charge in [0.2, 0.25) is 0 Å². The van der Waals surface area contributed by atoms with Crippen LogP contribution in [0, 0.1) is 0 Å². The van der Waals surface area contributed by atoms with E-state index in [-0.39, 0.29) is 24.2 Å². The second-order valence-electron chi connectivity index (χ2n) is 17.1. The highest BCUT2D eigenvalue weighted by molar-refractivity contribution is 7.19. The third-order valence-electron chi connectivity index (χ3n) is 13.7. The van der Waals surface area contributed by atoms with E-state index < -0.39 is 8.07 Å². The van der Waals surface area contributed by atoms with Gasteiger partial charge < -0.3 is 9.13 Å². The van der Waals surface area contributed by atoms with Crippen LogP contribution in [0.3, 0.4) is 0 Å². The van der Waals surface area contributed by atoms with Crippen LogP contribution in [-0.4, -0.2) is 17.2 Å². The van der Waals surface area contributed by atoms with Crippen molar-refractivity contribution in [3.63, 3.8) is 0 Å². The Morgan fingerprint density at radius 2 is 0.952 bits per heavy atom. The molecule has 2 nitrogen and oxygen atoms in total. The molecule has 12 rings (SSSR count). The molecule has 1 aliphatic rings. The van der Waals surface area contributed by atoms with Crippen molar-refractivity contribution in [3.05, 3.63) is 230 Å². The van der Waals surface area contributed by atoms with Crippen LogP contribution in [0.25, 0.3) is 66.1 Å². The highest BCUT2D eigenvalue weighted by atomic mass is 28.3. The van der Waals surface area contributed by atoms with Crippen molar-refractivity contribution in [1.82, 2.24) is 9.13 Å². The van der Waals surface area contributed by atoms with Gasteiger partial charge in [-0.15, -0.1) is 0 Å². The monoisotopic (exact) mass is 828 g/mol. The molecule has 0 spiro atoms. The van der Waals surface area contributed by atoms with Crippen molar-refractivity contribution >= 4 is 72.4 Å². The highest BCUT2D eigenvalue weighted by Crippen LogP contribution is 2.44. The van der Waals surface area contributed by atoms with E-state index in [0.717, 1.165) is 38.2 Å². The molecule has 3 heteroatoms. The highest BCUT2D eigenvalue weighted by Gasteiger charge is 2.41. The fraction of sp³-hybridized carbons (Fsp3) is 0.100. The van der Waals surface area contributed by atoms with Crippen molar-refractivity contribution in [2.24, 2.45) is 0 Å². The number of hydrogen-bond donors (Lipinski definition) is 0. The molecule has 11 aromatic rings. The van der Waals surface area contributed by atoms with E-state index in [1.807, 2.05) is 22.8 Å². The second kappa shape index (κ2) is 15.6. The molecular weight excluding hydrogens is 777 g/mol. The van der Waals surface area contributed by atoms with Crippen molar-refractivity contribution in [3.8, 4) is 22.5 Å². The summed E-state index contributed by atoms with van der Waals surface area (Å²) >= 11 is 0. The Kier molecular flexibility index (Phi) is 8.28. The number of nitrogens with zero attached hydrogens (tertiary/aromatic N) is 2. The molecule has 302 valence electrons. The number of hydrogen-bond acceptors (Lipinski definition) is 0. The first kappa shape index (κ1) is 33.4. The average molecular weight is 829 g/mol. The van der Waals surface area contributed by atoms with Gasteiger partial charge in [0.15, 0.2) is 8.07 Å². The van der Waals surface area contributed by atoms with Crippen LogP contribution in [0.15, 0.2) is 224 Å². The standard InChI is InChI=1S/C60H48N2Si/c1-5-21-43(22-6-1)51-35-19-38-56-59(51)52-33-13-16-37-55(52)62(56)58-40-20-39-57-60(58)53-34-14-15-36-54(53)61(57)46-25-17-23-44(41-46)45-24-18-32-50(42-45)63(47-26-7-2-8-27-47,48-28-9-3-10-29-48)49-30-11-4-12-31-49/h2-4,7-20,23-43H,1,5-6,21-22H2/i17D,23D,25D,41D. The van der Waals surface area contributed by atoms with E-state index in [1.54, 1.807) is 0 Å². The molecule has 9 aromatic carbocycles. The first-order chi connectivity index (χ1) is 33.0. The van der Waals surface area contributed by atoms with Gasteiger partial charge in [0.25, 0.3) is 0 Å². The summed E-state index contributed by atoms with van der Waals surface area (Å²) in [6.45, 7) is 0. The Hall–Kier alpha value is -7.20. The largest absolute Gasteiger partial charge is 0.309 e. The lowest BCUT2D eigenvalue weighted by molar-refractivity contribution is 0.445. The Morgan fingerprint density at radius 1 is 0.429 bits per heavy atom. The third kappa shape index (κ3) is 6.06. The zero-order valence-corrected chi connectivity index (χ0v) is 36.1. The Morgan fingerprint density at radius 3 is 1.62 bits per heavy atom. The van der Waals surface area contributed by atoms with Crippen molar-refractivity contribution in [2.45, 2.75) is 38.0 Å². The molecule has 0 amide bonds. The first-order valence-electron chi connectivity index (χ1n) is 24.4. The summed E-state index contributed by atoms with van der Waals surface area (Å²) < 4.78 is 43.2. The summed E-state index contributed by atoms with van der Waals surface area (Å²) in [5.41, 5.74) is 7.78. The fourth-order valence-corrected chi connectivity index (χ4v) is 15.8. The van der Waals surface area contributed by atoms with Crippen molar-refractivity contribution in [1.29, 1.82) is 0 Å². The van der Waals surface area contributed by atoms with Gasteiger partial charge in [-0.3, -0.25) is 0 Å². The van der Waals surface area contributed by atoms with E-state index in [0.29, 0.717) is 22.7 Å². The smallest absolute Gasteiger partial charge is 0.179 e. The Bertz CT molecular complexity index is 3570. The predicted octanol–water partition coefficient (Wildman–Crippen LogP) is 13.0. The predicted molar refractivity (Wildman–Crippen MR) is 270 cm³/mol. The molecule has 0 atom stereocenters. The summed E-state index contributed by atoms with van der Waals surface area (Å²) in [5.74, 6) is 0.531. The molecule has 1 aliphatic carbocycles. The summed E-state index contributed by atoms with van der Waals surface area (Å²) in [4.78, 5) is 0. The number of para-hydroxylation sites is 2. The summed E-state index contributed by atoms with van der Waals surface area (Å²) in [6, 6.07) is 70.3. The van der Waals surface area contributed by atoms with Crippen LogP contribution in [-0.2, 0) is 0 Å². The van der Waals surface area contributed by atoms with Crippen LogP contribution < -0.4 is 20.7 Å². The van der Waals surface area contributed by atoms with Crippen LogP contribution >= 0.6 is 0 Å². The second-order valence-corrected chi connectivity index (χ2v) is 20.9. The molecule has 1 fully saturated rings. The molecule has 0 bridgehead atoms. The normalized spacial score (nSPS) is 14.5. The fourth-order valence-electron chi connectivity index (χ4n) is 11.1. The number of rotatable bonds is 8. The number of fused-ring (bicyclic) bond motifs is 6. The molecular formula is C60H48N2Si. The van der Waals surface area contributed by atoms with Gasteiger partial charge in [-0.25, -0.2) is 0 Å².